The molecule has 0 bridgehead atoms. The summed E-state index contributed by atoms with van der Waals surface area (Å²) in [6, 6.07) is 16.3. The van der Waals surface area contributed by atoms with Crippen molar-refractivity contribution in [2.24, 2.45) is 0 Å². The first-order valence-electron chi connectivity index (χ1n) is 9.97. The van der Waals surface area contributed by atoms with Gasteiger partial charge in [0.2, 0.25) is 5.78 Å². The number of hydrogen-bond donors (Lipinski definition) is 1. The number of aliphatic hydroxyl groups excluding tert-OH is 1. The van der Waals surface area contributed by atoms with E-state index >= 15 is 0 Å². The molecule has 1 aliphatic heterocycles. The topological polar surface area (TPSA) is 83.9 Å². The van der Waals surface area contributed by atoms with E-state index in [1.54, 1.807) is 55.5 Å². The van der Waals surface area contributed by atoms with E-state index in [1.807, 2.05) is 19.1 Å². The minimum atomic E-state index is -0.941. The zero-order valence-corrected chi connectivity index (χ0v) is 18.0. The summed E-state index contributed by atoms with van der Waals surface area (Å²) < 4.78 is 11.5. The van der Waals surface area contributed by atoms with Gasteiger partial charge in [0.05, 0.1) is 5.57 Å². The highest BCUT2D eigenvalue weighted by Crippen LogP contribution is 2.43. The Morgan fingerprint density at radius 1 is 1.00 bits per heavy atom. The van der Waals surface area contributed by atoms with Crippen molar-refractivity contribution in [2.45, 2.75) is 19.9 Å². The average molecular weight is 448 g/mol. The number of aryl methyl sites for hydroxylation is 2. The van der Waals surface area contributed by atoms with Gasteiger partial charge in [-0.15, -0.1) is 0 Å². The van der Waals surface area contributed by atoms with Crippen molar-refractivity contribution >= 4 is 39.9 Å². The van der Waals surface area contributed by atoms with Crippen molar-refractivity contribution in [3.8, 4) is 0 Å². The Morgan fingerprint density at radius 3 is 2.44 bits per heavy atom. The molecule has 1 unspecified atom stereocenters. The second kappa shape index (κ2) is 7.43. The summed E-state index contributed by atoms with van der Waals surface area (Å²) in [5.41, 5.74) is 1.92. The number of carbonyl (C=O) groups is 2. The molecule has 2 aromatic carbocycles. The molecule has 0 saturated carbocycles. The predicted molar refractivity (Wildman–Crippen MR) is 120 cm³/mol. The van der Waals surface area contributed by atoms with E-state index in [0.29, 0.717) is 33.2 Å². The van der Waals surface area contributed by atoms with Crippen LogP contribution in [0.3, 0.4) is 0 Å². The lowest BCUT2D eigenvalue weighted by molar-refractivity contribution is -0.117. The van der Waals surface area contributed by atoms with Crippen molar-refractivity contribution in [1.82, 2.24) is 0 Å². The number of rotatable bonds is 4. The van der Waals surface area contributed by atoms with Crippen LogP contribution in [0.5, 0.6) is 0 Å². The number of fused-ring (bicyclic) bond motifs is 1. The van der Waals surface area contributed by atoms with Gasteiger partial charge in [0, 0.05) is 16.1 Å². The molecule has 7 heteroatoms. The van der Waals surface area contributed by atoms with Crippen LogP contribution in [-0.4, -0.2) is 16.8 Å². The van der Waals surface area contributed by atoms with Gasteiger partial charge < -0.3 is 13.9 Å². The molecule has 160 valence electrons. The van der Waals surface area contributed by atoms with E-state index < -0.39 is 23.5 Å². The van der Waals surface area contributed by atoms with E-state index in [1.165, 1.54) is 4.90 Å². The van der Waals surface area contributed by atoms with Crippen molar-refractivity contribution in [1.29, 1.82) is 0 Å². The molecule has 0 fully saturated rings. The van der Waals surface area contributed by atoms with Crippen molar-refractivity contribution < 1.29 is 23.5 Å². The summed E-state index contributed by atoms with van der Waals surface area (Å²) in [5, 5.41) is 11.9. The lowest BCUT2D eigenvalue weighted by Crippen LogP contribution is -2.30. The Bertz CT molecular complexity index is 1410. The third-order valence-electron chi connectivity index (χ3n) is 5.50. The van der Waals surface area contributed by atoms with Gasteiger partial charge in [-0.05, 0) is 62.4 Å². The van der Waals surface area contributed by atoms with Crippen molar-refractivity contribution in [3.63, 3.8) is 0 Å². The Hall–Kier alpha value is -3.77. The molecule has 0 radical (unpaired) electrons. The van der Waals surface area contributed by atoms with Crippen LogP contribution in [0, 0.1) is 13.8 Å². The van der Waals surface area contributed by atoms with Crippen molar-refractivity contribution in [2.75, 3.05) is 4.90 Å². The van der Waals surface area contributed by atoms with Gasteiger partial charge in [-0.3, -0.25) is 14.5 Å². The first kappa shape index (κ1) is 20.2. The Morgan fingerprint density at radius 2 is 1.75 bits per heavy atom. The van der Waals surface area contributed by atoms with Crippen LogP contribution in [0.1, 0.15) is 33.7 Å². The predicted octanol–water partition coefficient (Wildman–Crippen LogP) is 6.08. The second-order valence-corrected chi connectivity index (χ2v) is 8.18. The Labute approximate surface area is 188 Å². The minimum absolute atomic E-state index is 0.00403. The van der Waals surface area contributed by atoms with E-state index in [0.717, 1.165) is 5.56 Å². The van der Waals surface area contributed by atoms with E-state index in [-0.39, 0.29) is 11.3 Å². The lowest BCUT2D eigenvalue weighted by atomic mass is 9.99. The third kappa shape index (κ3) is 3.20. The number of amides is 1. The fourth-order valence-corrected chi connectivity index (χ4v) is 4.12. The molecule has 1 aliphatic rings. The van der Waals surface area contributed by atoms with Gasteiger partial charge in [0.1, 0.15) is 23.1 Å². The maximum atomic E-state index is 13.5. The number of aliphatic hydroxyl groups is 1. The van der Waals surface area contributed by atoms with Crippen LogP contribution >= 0.6 is 11.6 Å². The number of Topliss-reactive ketones (excluding diaryl/α,β-unsaturated/α-hetero) is 1. The first-order valence-corrected chi connectivity index (χ1v) is 10.3. The summed E-state index contributed by atoms with van der Waals surface area (Å²) in [4.78, 5) is 28.0. The molecule has 1 atom stereocenters. The zero-order chi connectivity index (χ0) is 22.6. The van der Waals surface area contributed by atoms with E-state index in [4.69, 9.17) is 20.4 Å². The normalized spacial score (nSPS) is 16.4. The number of carbonyl (C=O) groups excluding carboxylic acids is 2. The third-order valence-corrected chi connectivity index (χ3v) is 5.73. The maximum absolute atomic E-state index is 13.5. The molecule has 3 heterocycles. The van der Waals surface area contributed by atoms with E-state index in [9.17, 15) is 14.7 Å². The van der Waals surface area contributed by atoms with Gasteiger partial charge in [-0.2, -0.15) is 0 Å². The molecular weight excluding hydrogens is 430 g/mol. The molecule has 0 saturated heterocycles. The molecule has 0 aliphatic carbocycles. The standard InChI is InChI=1S/C25H18ClNO5/c1-13-3-7-17(8-4-13)27-22(19-9-5-14(2)31-19)21(24(29)25(27)30)23(28)20-12-15-11-16(26)6-10-18(15)32-20/h3-12,22,29H,1-2H3. The number of furan rings is 2. The van der Waals surface area contributed by atoms with Crippen LogP contribution in [0.25, 0.3) is 11.0 Å². The van der Waals surface area contributed by atoms with Crippen LogP contribution in [0.2, 0.25) is 5.02 Å². The summed E-state index contributed by atoms with van der Waals surface area (Å²) in [6.45, 7) is 3.70. The molecule has 0 spiro atoms. The highest BCUT2D eigenvalue weighted by Gasteiger charge is 2.46. The zero-order valence-electron chi connectivity index (χ0n) is 17.3. The number of benzene rings is 2. The van der Waals surface area contributed by atoms with Crippen LogP contribution in [0.4, 0.5) is 5.69 Å². The van der Waals surface area contributed by atoms with Crippen LogP contribution < -0.4 is 4.90 Å². The summed E-state index contributed by atoms with van der Waals surface area (Å²) >= 11 is 6.04. The largest absolute Gasteiger partial charge is 0.503 e. The molecule has 4 aromatic rings. The van der Waals surface area contributed by atoms with Crippen LogP contribution in [0.15, 0.2) is 80.8 Å². The fraction of sp³-hybridized carbons (Fsp3) is 0.120. The smallest absolute Gasteiger partial charge is 0.294 e. The highest BCUT2D eigenvalue weighted by atomic mass is 35.5. The number of ketones is 1. The molecule has 5 rings (SSSR count). The number of halogens is 1. The van der Waals surface area contributed by atoms with E-state index in [2.05, 4.69) is 0 Å². The van der Waals surface area contributed by atoms with Gasteiger partial charge in [0.25, 0.3) is 5.91 Å². The summed E-state index contributed by atoms with van der Waals surface area (Å²) in [7, 11) is 0. The lowest BCUT2D eigenvalue weighted by Gasteiger charge is -2.25. The minimum Gasteiger partial charge on any atom is -0.503 e. The molecule has 32 heavy (non-hydrogen) atoms. The SMILES string of the molecule is Cc1ccc(N2C(=O)C(O)=C(C(=O)c3cc4cc(Cl)ccc4o3)C2c2ccc(C)o2)cc1. The van der Waals surface area contributed by atoms with Crippen molar-refractivity contribution in [3.05, 3.63) is 99.9 Å². The van der Waals surface area contributed by atoms with Gasteiger partial charge in [0.15, 0.2) is 11.5 Å². The van der Waals surface area contributed by atoms with Gasteiger partial charge in [-0.1, -0.05) is 29.3 Å². The molecule has 2 aromatic heterocycles. The highest BCUT2D eigenvalue weighted by molar-refractivity contribution is 6.31. The molecule has 1 N–H and O–H groups in total. The monoisotopic (exact) mass is 447 g/mol. The quantitative estimate of drug-likeness (QED) is 0.383. The fourth-order valence-electron chi connectivity index (χ4n) is 3.94. The number of nitrogens with zero attached hydrogens (tertiary/aromatic N) is 1. The Kier molecular flexibility index (Phi) is 4.68. The number of hydrogen-bond acceptors (Lipinski definition) is 5. The first-order chi connectivity index (χ1) is 15.3. The second-order valence-electron chi connectivity index (χ2n) is 7.75. The molecule has 1 amide bonds. The van der Waals surface area contributed by atoms with Gasteiger partial charge >= 0.3 is 0 Å². The summed E-state index contributed by atoms with van der Waals surface area (Å²) in [6.07, 6.45) is 0. The average Bonchev–Trinajstić information content (AvgIpc) is 3.45. The number of anilines is 1. The Balaban J connectivity index is 1.65. The molecular formula is C25H18ClNO5. The maximum Gasteiger partial charge on any atom is 0.294 e. The summed E-state index contributed by atoms with van der Waals surface area (Å²) in [5.74, 6) is -0.938. The molecule has 6 nitrogen and oxygen atoms in total. The van der Waals surface area contributed by atoms with Crippen LogP contribution in [-0.2, 0) is 4.79 Å². The van der Waals surface area contributed by atoms with Gasteiger partial charge in [-0.25, -0.2) is 0 Å².